The van der Waals surface area contributed by atoms with Gasteiger partial charge in [-0.25, -0.2) is 0 Å². The van der Waals surface area contributed by atoms with Crippen molar-refractivity contribution in [3.63, 3.8) is 0 Å². The number of hydrogen-bond acceptors (Lipinski definition) is 2. The molecule has 1 atom stereocenters. The SMILES string of the molecule is O=C([O-])C(Cl)CCl. The van der Waals surface area contributed by atoms with Crippen molar-refractivity contribution in [1.29, 1.82) is 0 Å². The summed E-state index contributed by atoms with van der Waals surface area (Å²) in [7, 11) is 0. The summed E-state index contributed by atoms with van der Waals surface area (Å²) in [6.07, 6.45) is 0. The minimum atomic E-state index is -1.32. The van der Waals surface area contributed by atoms with Gasteiger partial charge < -0.3 is 9.90 Å². The van der Waals surface area contributed by atoms with Crippen molar-refractivity contribution < 1.29 is 9.90 Å². The molecule has 0 radical (unpaired) electrons. The molecule has 0 aliphatic rings. The number of alkyl halides is 2. The number of carbonyl (C=O) groups is 1. The van der Waals surface area contributed by atoms with Gasteiger partial charge in [-0.15, -0.1) is 23.2 Å². The summed E-state index contributed by atoms with van der Waals surface area (Å²) >= 11 is 10.0. The van der Waals surface area contributed by atoms with Gasteiger partial charge >= 0.3 is 0 Å². The topological polar surface area (TPSA) is 40.1 Å². The van der Waals surface area contributed by atoms with Crippen molar-refractivity contribution in [1.82, 2.24) is 0 Å². The van der Waals surface area contributed by atoms with Crippen molar-refractivity contribution in [2.45, 2.75) is 5.38 Å². The fraction of sp³-hybridized carbons (Fsp3) is 0.667. The molecule has 0 aromatic carbocycles. The predicted octanol–water partition coefficient (Wildman–Crippen LogP) is -0.418. The van der Waals surface area contributed by atoms with Crippen molar-refractivity contribution in [3.05, 3.63) is 0 Å². The minimum absolute atomic E-state index is 0.107. The van der Waals surface area contributed by atoms with E-state index in [9.17, 15) is 9.90 Å². The van der Waals surface area contributed by atoms with Crippen LogP contribution in [0, 0.1) is 0 Å². The molecule has 0 saturated carbocycles. The molecular weight excluding hydrogens is 139 g/mol. The first-order valence-corrected chi connectivity index (χ1v) is 2.56. The molecular formula is C3H3Cl2O2-. The summed E-state index contributed by atoms with van der Waals surface area (Å²) in [4.78, 5) is 9.60. The molecule has 4 heteroatoms. The van der Waals surface area contributed by atoms with Crippen LogP contribution in [-0.2, 0) is 4.79 Å². The molecule has 0 aromatic heterocycles. The van der Waals surface area contributed by atoms with E-state index in [1.54, 1.807) is 0 Å². The van der Waals surface area contributed by atoms with Crippen molar-refractivity contribution >= 4 is 29.2 Å². The number of carbonyl (C=O) groups excluding carboxylic acids is 1. The zero-order chi connectivity index (χ0) is 5.86. The molecule has 0 spiro atoms. The Morgan fingerprint density at radius 2 is 2.29 bits per heavy atom. The van der Waals surface area contributed by atoms with Crippen molar-refractivity contribution in [2.24, 2.45) is 0 Å². The molecule has 2 nitrogen and oxygen atoms in total. The smallest absolute Gasteiger partial charge is 0.0865 e. The molecule has 42 valence electrons. The van der Waals surface area contributed by atoms with Crippen LogP contribution in [0.2, 0.25) is 0 Å². The molecule has 1 unspecified atom stereocenters. The average Bonchev–Trinajstić information content (AvgIpc) is 1.65. The van der Waals surface area contributed by atoms with Gasteiger partial charge in [0.1, 0.15) is 0 Å². The summed E-state index contributed by atoms with van der Waals surface area (Å²) in [6.45, 7) is 0. The zero-order valence-corrected chi connectivity index (χ0v) is 4.87. The number of hydrogen-bond donors (Lipinski definition) is 0. The third kappa shape index (κ3) is 2.71. The molecule has 0 aliphatic heterocycles. The Balaban J connectivity index is 3.34. The fourth-order valence-electron chi connectivity index (χ4n) is 0.0630. The Hall–Kier alpha value is 0.0500. The van der Waals surface area contributed by atoms with Crippen molar-refractivity contribution in [3.8, 4) is 0 Å². The largest absolute Gasteiger partial charge is 0.548 e. The van der Waals surface area contributed by atoms with E-state index < -0.39 is 11.3 Å². The highest BCUT2D eigenvalue weighted by molar-refractivity contribution is 6.34. The van der Waals surface area contributed by atoms with Crippen LogP contribution >= 0.6 is 23.2 Å². The van der Waals surface area contributed by atoms with Gasteiger partial charge in [0, 0.05) is 5.88 Å². The van der Waals surface area contributed by atoms with E-state index in [4.69, 9.17) is 23.2 Å². The van der Waals surface area contributed by atoms with Crippen LogP contribution in [0.5, 0.6) is 0 Å². The molecule has 0 N–H and O–H groups in total. The maximum atomic E-state index is 9.60. The van der Waals surface area contributed by atoms with Gasteiger partial charge in [-0.3, -0.25) is 0 Å². The molecule has 0 heterocycles. The summed E-state index contributed by atoms with van der Waals surface area (Å²) in [6, 6.07) is 0. The Kier molecular flexibility index (Phi) is 3.13. The molecule has 0 aromatic rings. The van der Waals surface area contributed by atoms with E-state index in [1.807, 2.05) is 0 Å². The van der Waals surface area contributed by atoms with Gasteiger partial charge in [-0.1, -0.05) is 0 Å². The molecule has 0 bridgehead atoms. The summed E-state index contributed by atoms with van der Waals surface area (Å²) in [5.74, 6) is -1.43. The van der Waals surface area contributed by atoms with E-state index >= 15 is 0 Å². The molecule has 0 aliphatic carbocycles. The lowest BCUT2D eigenvalue weighted by Gasteiger charge is -2.02. The summed E-state index contributed by atoms with van der Waals surface area (Å²) in [5.41, 5.74) is 0. The van der Waals surface area contributed by atoms with Crippen LogP contribution in [0.4, 0.5) is 0 Å². The maximum absolute atomic E-state index is 9.60. The fourth-order valence-corrected chi connectivity index (χ4v) is 0.189. The first-order chi connectivity index (χ1) is 3.18. The standard InChI is InChI=1S/C3H4Cl2O2/c4-1-2(5)3(6)7/h2H,1H2,(H,6,7)/p-1. The number of aliphatic carboxylic acids is 1. The molecule has 7 heavy (non-hydrogen) atoms. The Bertz CT molecular complexity index is 73.3. The zero-order valence-electron chi connectivity index (χ0n) is 3.36. The number of carboxylic acid groups (broad SMARTS) is 1. The maximum Gasteiger partial charge on any atom is 0.0865 e. The molecule has 0 saturated heterocycles. The quantitative estimate of drug-likeness (QED) is 0.491. The Morgan fingerprint density at radius 3 is 2.29 bits per heavy atom. The average molecular weight is 142 g/mol. The molecule has 0 amide bonds. The third-order valence-corrected chi connectivity index (χ3v) is 1.19. The number of halogens is 2. The van der Waals surface area contributed by atoms with Gasteiger partial charge in [-0.2, -0.15) is 0 Å². The molecule has 0 rings (SSSR count). The van der Waals surface area contributed by atoms with Crippen molar-refractivity contribution in [2.75, 3.05) is 5.88 Å². The van der Waals surface area contributed by atoms with E-state index in [1.165, 1.54) is 0 Å². The number of rotatable bonds is 2. The van der Waals surface area contributed by atoms with Crippen LogP contribution < -0.4 is 5.11 Å². The van der Waals surface area contributed by atoms with Crippen LogP contribution in [0.15, 0.2) is 0 Å². The van der Waals surface area contributed by atoms with Gasteiger partial charge in [0.25, 0.3) is 0 Å². The van der Waals surface area contributed by atoms with Gasteiger partial charge in [0.05, 0.1) is 11.3 Å². The lowest BCUT2D eigenvalue weighted by molar-refractivity contribution is -0.304. The van der Waals surface area contributed by atoms with Crippen LogP contribution in [0.1, 0.15) is 0 Å². The van der Waals surface area contributed by atoms with E-state index in [0.717, 1.165) is 0 Å². The highest BCUT2D eigenvalue weighted by Crippen LogP contribution is 1.94. The van der Waals surface area contributed by atoms with E-state index in [0.29, 0.717) is 0 Å². The highest BCUT2D eigenvalue weighted by atomic mass is 35.5. The summed E-state index contributed by atoms with van der Waals surface area (Å²) in [5, 5.41) is 8.55. The van der Waals surface area contributed by atoms with Crippen LogP contribution in [0.25, 0.3) is 0 Å². The second kappa shape index (κ2) is 3.10. The second-order valence-corrected chi connectivity index (χ2v) is 1.78. The second-order valence-electron chi connectivity index (χ2n) is 0.941. The highest BCUT2D eigenvalue weighted by Gasteiger charge is 1.99. The first-order valence-electron chi connectivity index (χ1n) is 1.59. The lowest BCUT2D eigenvalue weighted by atomic mass is 10.5. The minimum Gasteiger partial charge on any atom is -0.548 e. The normalized spacial score (nSPS) is 13.4. The van der Waals surface area contributed by atoms with Gasteiger partial charge in [0.2, 0.25) is 0 Å². The van der Waals surface area contributed by atoms with Gasteiger partial charge in [0.15, 0.2) is 0 Å². The predicted molar refractivity (Wildman–Crippen MR) is 25.4 cm³/mol. The molecule has 0 fully saturated rings. The van der Waals surface area contributed by atoms with Crippen LogP contribution in [0.3, 0.4) is 0 Å². The van der Waals surface area contributed by atoms with E-state index in [-0.39, 0.29) is 5.88 Å². The van der Waals surface area contributed by atoms with E-state index in [2.05, 4.69) is 0 Å². The monoisotopic (exact) mass is 141 g/mol. The van der Waals surface area contributed by atoms with Gasteiger partial charge in [-0.05, 0) is 0 Å². The Morgan fingerprint density at radius 1 is 1.86 bits per heavy atom. The van der Waals surface area contributed by atoms with Crippen LogP contribution in [-0.4, -0.2) is 17.2 Å². The number of carboxylic acids is 1. The summed E-state index contributed by atoms with van der Waals surface area (Å²) < 4.78 is 0. The first kappa shape index (κ1) is 7.05. The third-order valence-electron chi connectivity index (χ3n) is 0.391. The Labute approximate surface area is 51.0 Å². The lowest BCUT2D eigenvalue weighted by Crippen LogP contribution is -2.32.